The van der Waals surface area contributed by atoms with Crippen LogP contribution >= 0.6 is 11.8 Å². The second-order valence-corrected chi connectivity index (χ2v) is 5.29. The van der Waals surface area contributed by atoms with Crippen LogP contribution in [0.3, 0.4) is 0 Å². The van der Waals surface area contributed by atoms with Crippen molar-refractivity contribution >= 4 is 17.7 Å². The van der Waals surface area contributed by atoms with Gasteiger partial charge in [-0.05, 0) is 12.1 Å². The van der Waals surface area contributed by atoms with E-state index < -0.39 is 0 Å². The van der Waals surface area contributed by atoms with E-state index in [1.807, 2.05) is 6.07 Å². The SMILES string of the molecule is CC(C)Sc1ncccc1C(=O)N(C)C. The molecule has 0 atom stereocenters. The summed E-state index contributed by atoms with van der Waals surface area (Å²) in [6.45, 7) is 4.17. The van der Waals surface area contributed by atoms with Crippen LogP contribution in [0.1, 0.15) is 24.2 Å². The molecule has 3 nitrogen and oxygen atoms in total. The van der Waals surface area contributed by atoms with Crippen LogP contribution in [0, 0.1) is 0 Å². The van der Waals surface area contributed by atoms with Crippen molar-refractivity contribution in [2.45, 2.75) is 24.1 Å². The van der Waals surface area contributed by atoms with Crippen molar-refractivity contribution in [1.29, 1.82) is 0 Å². The number of aromatic nitrogens is 1. The molecule has 1 aromatic rings. The van der Waals surface area contributed by atoms with E-state index in [-0.39, 0.29) is 5.91 Å². The van der Waals surface area contributed by atoms with Gasteiger partial charge in [-0.3, -0.25) is 4.79 Å². The van der Waals surface area contributed by atoms with E-state index in [0.717, 1.165) is 5.03 Å². The highest BCUT2D eigenvalue weighted by Gasteiger charge is 2.14. The summed E-state index contributed by atoms with van der Waals surface area (Å²) >= 11 is 1.61. The molecule has 0 spiro atoms. The van der Waals surface area contributed by atoms with Crippen LogP contribution in [-0.4, -0.2) is 35.1 Å². The van der Waals surface area contributed by atoms with E-state index in [1.54, 1.807) is 43.0 Å². The van der Waals surface area contributed by atoms with Crippen molar-refractivity contribution in [3.63, 3.8) is 0 Å². The van der Waals surface area contributed by atoms with Crippen LogP contribution in [0.15, 0.2) is 23.4 Å². The van der Waals surface area contributed by atoms with Gasteiger partial charge in [-0.2, -0.15) is 0 Å². The van der Waals surface area contributed by atoms with Gasteiger partial charge in [0.15, 0.2) is 0 Å². The number of thioether (sulfide) groups is 1. The Hall–Kier alpha value is -1.03. The number of hydrogen-bond donors (Lipinski definition) is 0. The van der Waals surface area contributed by atoms with E-state index in [9.17, 15) is 4.79 Å². The number of carbonyl (C=O) groups excluding carboxylic acids is 1. The smallest absolute Gasteiger partial charge is 0.256 e. The summed E-state index contributed by atoms with van der Waals surface area (Å²) in [5.41, 5.74) is 0.682. The molecule has 0 aliphatic carbocycles. The Kier molecular flexibility index (Phi) is 4.15. The standard InChI is InChI=1S/C11H16N2OS/c1-8(2)15-10-9(6-5-7-12-10)11(14)13(3)4/h5-8H,1-4H3. The van der Waals surface area contributed by atoms with Crippen LogP contribution in [0.2, 0.25) is 0 Å². The summed E-state index contributed by atoms with van der Waals surface area (Å²) in [5.74, 6) is 0.00579. The maximum atomic E-state index is 11.8. The largest absolute Gasteiger partial charge is 0.345 e. The van der Waals surface area contributed by atoms with Gasteiger partial charge in [0.1, 0.15) is 5.03 Å². The molecule has 0 aliphatic heterocycles. The maximum absolute atomic E-state index is 11.8. The van der Waals surface area contributed by atoms with Crippen molar-refractivity contribution in [3.8, 4) is 0 Å². The topological polar surface area (TPSA) is 33.2 Å². The number of amides is 1. The van der Waals surface area contributed by atoms with Crippen LogP contribution in [-0.2, 0) is 0 Å². The van der Waals surface area contributed by atoms with E-state index in [0.29, 0.717) is 10.8 Å². The molecule has 0 aliphatic rings. The molecule has 1 rings (SSSR count). The van der Waals surface area contributed by atoms with E-state index >= 15 is 0 Å². The molecule has 0 aromatic carbocycles. The predicted octanol–water partition coefficient (Wildman–Crippen LogP) is 2.28. The fourth-order valence-electron chi connectivity index (χ4n) is 1.11. The van der Waals surface area contributed by atoms with E-state index in [2.05, 4.69) is 18.8 Å². The molecule has 0 unspecified atom stereocenters. The summed E-state index contributed by atoms with van der Waals surface area (Å²) in [4.78, 5) is 17.6. The van der Waals surface area contributed by atoms with Crippen LogP contribution < -0.4 is 0 Å². The molecule has 1 aromatic heterocycles. The monoisotopic (exact) mass is 224 g/mol. The Morgan fingerprint density at radius 3 is 2.67 bits per heavy atom. The summed E-state index contributed by atoms with van der Waals surface area (Å²) in [6.07, 6.45) is 1.72. The molecule has 0 bridgehead atoms. The Morgan fingerprint density at radius 1 is 1.47 bits per heavy atom. The van der Waals surface area contributed by atoms with Gasteiger partial charge >= 0.3 is 0 Å². The molecule has 0 N–H and O–H groups in total. The van der Waals surface area contributed by atoms with Gasteiger partial charge in [0.25, 0.3) is 5.91 Å². The Balaban J connectivity index is 3.01. The van der Waals surface area contributed by atoms with Crippen LogP contribution in [0.5, 0.6) is 0 Å². The van der Waals surface area contributed by atoms with Crippen molar-refractivity contribution in [2.75, 3.05) is 14.1 Å². The molecule has 15 heavy (non-hydrogen) atoms. The van der Waals surface area contributed by atoms with Gasteiger partial charge in [-0.25, -0.2) is 4.98 Å². The minimum atomic E-state index is 0.00579. The zero-order valence-electron chi connectivity index (χ0n) is 9.52. The van der Waals surface area contributed by atoms with Gasteiger partial charge in [0.2, 0.25) is 0 Å². The number of carbonyl (C=O) groups is 1. The number of hydrogen-bond acceptors (Lipinski definition) is 3. The lowest BCUT2D eigenvalue weighted by Crippen LogP contribution is -2.22. The first-order valence-corrected chi connectivity index (χ1v) is 5.73. The first kappa shape index (κ1) is 12.0. The molecule has 0 radical (unpaired) electrons. The van der Waals surface area contributed by atoms with Crippen molar-refractivity contribution in [3.05, 3.63) is 23.9 Å². The summed E-state index contributed by atoms with van der Waals surface area (Å²) in [6, 6.07) is 3.61. The average Bonchev–Trinajstić information content (AvgIpc) is 2.16. The quantitative estimate of drug-likeness (QED) is 0.739. The summed E-state index contributed by atoms with van der Waals surface area (Å²) < 4.78 is 0. The summed E-state index contributed by atoms with van der Waals surface area (Å²) in [5, 5.41) is 1.24. The highest BCUT2D eigenvalue weighted by atomic mass is 32.2. The summed E-state index contributed by atoms with van der Waals surface area (Å²) in [7, 11) is 3.50. The van der Waals surface area contributed by atoms with Gasteiger partial charge in [0, 0.05) is 25.5 Å². The van der Waals surface area contributed by atoms with Gasteiger partial charge < -0.3 is 4.90 Å². The third-order valence-corrected chi connectivity index (χ3v) is 2.78. The normalized spacial score (nSPS) is 10.5. The Morgan fingerprint density at radius 2 is 2.13 bits per heavy atom. The fourth-order valence-corrected chi connectivity index (χ4v) is 1.96. The predicted molar refractivity (Wildman–Crippen MR) is 63.2 cm³/mol. The zero-order valence-corrected chi connectivity index (χ0v) is 10.3. The Bertz CT molecular complexity index is 350. The van der Waals surface area contributed by atoms with E-state index in [1.165, 1.54) is 0 Å². The molecule has 4 heteroatoms. The molecular formula is C11H16N2OS. The van der Waals surface area contributed by atoms with Crippen molar-refractivity contribution in [1.82, 2.24) is 9.88 Å². The van der Waals surface area contributed by atoms with Gasteiger partial charge in [-0.15, -0.1) is 11.8 Å². The molecule has 0 saturated heterocycles. The van der Waals surface area contributed by atoms with Gasteiger partial charge in [-0.1, -0.05) is 13.8 Å². The zero-order chi connectivity index (χ0) is 11.4. The second-order valence-electron chi connectivity index (χ2n) is 3.72. The van der Waals surface area contributed by atoms with Crippen molar-refractivity contribution < 1.29 is 4.79 Å². The maximum Gasteiger partial charge on any atom is 0.256 e. The molecule has 0 saturated carbocycles. The van der Waals surface area contributed by atoms with Crippen LogP contribution in [0.4, 0.5) is 0 Å². The van der Waals surface area contributed by atoms with Gasteiger partial charge in [0.05, 0.1) is 5.56 Å². The molecular weight excluding hydrogens is 208 g/mol. The number of nitrogens with zero attached hydrogens (tertiary/aromatic N) is 2. The Labute approximate surface area is 94.9 Å². The lowest BCUT2D eigenvalue weighted by Gasteiger charge is -2.13. The highest BCUT2D eigenvalue weighted by Crippen LogP contribution is 2.24. The molecule has 1 heterocycles. The van der Waals surface area contributed by atoms with Crippen LogP contribution in [0.25, 0.3) is 0 Å². The fraction of sp³-hybridized carbons (Fsp3) is 0.455. The first-order valence-electron chi connectivity index (χ1n) is 4.85. The minimum Gasteiger partial charge on any atom is -0.345 e. The van der Waals surface area contributed by atoms with Crippen molar-refractivity contribution in [2.24, 2.45) is 0 Å². The minimum absolute atomic E-state index is 0.00579. The van der Waals surface area contributed by atoms with E-state index in [4.69, 9.17) is 0 Å². The number of rotatable bonds is 3. The second kappa shape index (κ2) is 5.16. The molecule has 1 amide bonds. The lowest BCUT2D eigenvalue weighted by atomic mass is 10.2. The lowest BCUT2D eigenvalue weighted by molar-refractivity contribution is 0.0823. The first-order chi connectivity index (χ1) is 7.02. The highest BCUT2D eigenvalue weighted by molar-refractivity contribution is 7.99. The number of pyridine rings is 1. The molecule has 0 fully saturated rings. The average molecular weight is 224 g/mol. The third-order valence-electron chi connectivity index (χ3n) is 1.76. The molecule has 82 valence electrons. The third kappa shape index (κ3) is 3.23.